The van der Waals surface area contributed by atoms with Gasteiger partial charge in [0.15, 0.2) is 0 Å². The van der Waals surface area contributed by atoms with Crippen LogP contribution in [0.1, 0.15) is 5.56 Å². The highest BCUT2D eigenvalue weighted by molar-refractivity contribution is 5.49. The normalized spacial score (nSPS) is 15.1. The summed E-state index contributed by atoms with van der Waals surface area (Å²) in [5, 5.41) is 3.43. The van der Waals surface area contributed by atoms with Crippen molar-refractivity contribution in [3.63, 3.8) is 0 Å². The molecule has 0 radical (unpaired) electrons. The first kappa shape index (κ1) is 13.0. The first-order chi connectivity index (χ1) is 9.92. The molecule has 0 saturated carbocycles. The highest BCUT2D eigenvalue weighted by Gasteiger charge is 2.10. The molecule has 1 fully saturated rings. The molecule has 3 nitrogen and oxygen atoms in total. The molecule has 1 N–H and O–H groups in total. The van der Waals surface area contributed by atoms with Crippen molar-refractivity contribution in [3.05, 3.63) is 60.2 Å². The molecule has 1 aliphatic rings. The Labute approximate surface area is 120 Å². The van der Waals surface area contributed by atoms with Crippen molar-refractivity contribution >= 4 is 11.4 Å². The van der Waals surface area contributed by atoms with Crippen LogP contribution < -0.4 is 10.2 Å². The molecule has 0 unspecified atom stereocenters. The van der Waals surface area contributed by atoms with Crippen LogP contribution in [0.25, 0.3) is 0 Å². The maximum absolute atomic E-state index is 5.38. The molecule has 3 rings (SSSR count). The SMILES string of the molecule is c1ccc(NCc2ccc(N3CCOCC3)cc2)cc1. The predicted octanol–water partition coefficient (Wildman–Crippen LogP) is 3.14. The third kappa shape index (κ3) is 3.31. The molecular formula is C17H20N2O. The van der Waals surface area contributed by atoms with E-state index in [0.717, 1.165) is 38.5 Å². The number of hydrogen-bond donors (Lipinski definition) is 1. The zero-order valence-electron chi connectivity index (χ0n) is 11.6. The quantitative estimate of drug-likeness (QED) is 0.922. The van der Waals surface area contributed by atoms with Crippen LogP contribution in [-0.2, 0) is 11.3 Å². The minimum Gasteiger partial charge on any atom is -0.381 e. The van der Waals surface area contributed by atoms with Gasteiger partial charge in [-0.3, -0.25) is 0 Å². The number of para-hydroxylation sites is 1. The summed E-state index contributed by atoms with van der Waals surface area (Å²) in [5.74, 6) is 0. The summed E-state index contributed by atoms with van der Waals surface area (Å²) in [6.07, 6.45) is 0. The van der Waals surface area contributed by atoms with Crippen molar-refractivity contribution in [2.75, 3.05) is 36.5 Å². The zero-order chi connectivity index (χ0) is 13.6. The lowest BCUT2D eigenvalue weighted by Gasteiger charge is -2.28. The van der Waals surface area contributed by atoms with Crippen molar-refractivity contribution in [3.8, 4) is 0 Å². The first-order valence-corrected chi connectivity index (χ1v) is 7.12. The fraction of sp³-hybridized carbons (Fsp3) is 0.294. The molecule has 1 saturated heterocycles. The van der Waals surface area contributed by atoms with E-state index in [-0.39, 0.29) is 0 Å². The van der Waals surface area contributed by atoms with E-state index in [1.165, 1.54) is 11.3 Å². The second-order valence-electron chi connectivity index (χ2n) is 4.99. The van der Waals surface area contributed by atoms with Crippen molar-refractivity contribution in [1.29, 1.82) is 0 Å². The highest BCUT2D eigenvalue weighted by atomic mass is 16.5. The summed E-state index contributed by atoms with van der Waals surface area (Å²) < 4.78 is 5.38. The molecule has 20 heavy (non-hydrogen) atoms. The molecule has 1 heterocycles. The summed E-state index contributed by atoms with van der Waals surface area (Å²) in [4.78, 5) is 2.37. The van der Waals surface area contributed by atoms with Gasteiger partial charge in [0.25, 0.3) is 0 Å². The third-order valence-electron chi connectivity index (χ3n) is 3.58. The Hall–Kier alpha value is -2.00. The number of nitrogens with zero attached hydrogens (tertiary/aromatic N) is 1. The molecule has 2 aromatic carbocycles. The Balaban J connectivity index is 1.58. The molecule has 0 amide bonds. The van der Waals surface area contributed by atoms with Crippen molar-refractivity contribution in [2.45, 2.75) is 6.54 Å². The minimum absolute atomic E-state index is 0.831. The Kier molecular flexibility index (Phi) is 4.19. The average molecular weight is 268 g/mol. The van der Waals surface area contributed by atoms with Crippen LogP contribution in [0.15, 0.2) is 54.6 Å². The van der Waals surface area contributed by atoms with Crippen LogP contribution in [0.5, 0.6) is 0 Å². The van der Waals surface area contributed by atoms with E-state index >= 15 is 0 Å². The van der Waals surface area contributed by atoms with E-state index in [2.05, 4.69) is 46.6 Å². The second-order valence-corrected chi connectivity index (χ2v) is 4.99. The number of morpholine rings is 1. The molecule has 0 aliphatic carbocycles. The van der Waals surface area contributed by atoms with Crippen LogP contribution in [0.4, 0.5) is 11.4 Å². The Morgan fingerprint density at radius 1 is 0.900 bits per heavy atom. The van der Waals surface area contributed by atoms with Gasteiger partial charge < -0.3 is 15.0 Å². The van der Waals surface area contributed by atoms with Gasteiger partial charge in [0.2, 0.25) is 0 Å². The fourth-order valence-electron chi connectivity index (χ4n) is 2.41. The van der Waals surface area contributed by atoms with Crippen LogP contribution in [0.3, 0.4) is 0 Å². The number of ether oxygens (including phenoxy) is 1. The number of anilines is 2. The van der Waals surface area contributed by atoms with E-state index in [9.17, 15) is 0 Å². The van der Waals surface area contributed by atoms with Crippen molar-refractivity contribution < 1.29 is 4.74 Å². The monoisotopic (exact) mass is 268 g/mol. The second kappa shape index (κ2) is 6.44. The molecule has 1 aliphatic heterocycles. The molecule has 0 aromatic heterocycles. The Bertz CT molecular complexity index is 518. The van der Waals surface area contributed by atoms with E-state index in [4.69, 9.17) is 4.74 Å². The van der Waals surface area contributed by atoms with Crippen molar-refractivity contribution in [2.24, 2.45) is 0 Å². The lowest BCUT2D eigenvalue weighted by molar-refractivity contribution is 0.122. The molecule has 0 bridgehead atoms. The summed E-state index contributed by atoms with van der Waals surface area (Å²) in [6, 6.07) is 19.1. The summed E-state index contributed by atoms with van der Waals surface area (Å²) in [7, 11) is 0. The smallest absolute Gasteiger partial charge is 0.0642 e. The van der Waals surface area contributed by atoms with Crippen molar-refractivity contribution in [1.82, 2.24) is 0 Å². The molecule has 3 heteroatoms. The van der Waals surface area contributed by atoms with E-state index in [1.807, 2.05) is 18.2 Å². The fourth-order valence-corrected chi connectivity index (χ4v) is 2.41. The number of nitrogens with one attached hydrogen (secondary N) is 1. The Morgan fingerprint density at radius 2 is 1.60 bits per heavy atom. The van der Waals surface area contributed by atoms with Gasteiger partial charge >= 0.3 is 0 Å². The van der Waals surface area contributed by atoms with Gasteiger partial charge in [0.1, 0.15) is 0 Å². The van der Waals surface area contributed by atoms with Gasteiger partial charge in [-0.1, -0.05) is 30.3 Å². The Morgan fingerprint density at radius 3 is 2.30 bits per heavy atom. The average Bonchev–Trinajstić information content (AvgIpc) is 2.55. The maximum Gasteiger partial charge on any atom is 0.0642 e. The van der Waals surface area contributed by atoms with Crippen LogP contribution in [0, 0.1) is 0 Å². The zero-order valence-corrected chi connectivity index (χ0v) is 11.6. The van der Waals surface area contributed by atoms with E-state index < -0.39 is 0 Å². The standard InChI is InChI=1S/C17H20N2O/c1-2-4-16(5-3-1)18-14-15-6-8-17(9-7-15)19-10-12-20-13-11-19/h1-9,18H,10-14H2. The lowest BCUT2D eigenvalue weighted by Crippen LogP contribution is -2.36. The number of hydrogen-bond acceptors (Lipinski definition) is 3. The lowest BCUT2D eigenvalue weighted by atomic mass is 10.2. The van der Waals surface area contributed by atoms with Crippen LogP contribution >= 0.6 is 0 Å². The maximum atomic E-state index is 5.38. The van der Waals surface area contributed by atoms with E-state index in [1.54, 1.807) is 0 Å². The molecule has 0 atom stereocenters. The molecule has 2 aromatic rings. The topological polar surface area (TPSA) is 24.5 Å². The largest absolute Gasteiger partial charge is 0.381 e. The summed E-state index contributed by atoms with van der Waals surface area (Å²) >= 11 is 0. The van der Waals surface area contributed by atoms with Gasteiger partial charge in [-0.25, -0.2) is 0 Å². The van der Waals surface area contributed by atoms with Gasteiger partial charge in [0, 0.05) is 31.0 Å². The molecule has 0 spiro atoms. The molecule has 104 valence electrons. The van der Waals surface area contributed by atoms with Gasteiger partial charge in [-0.05, 0) is 29.8 Å². The van der Waals surface area contributed by atoms with Crippen LogP contribution in [-0.4, -0.2) is 26.3 Å². The predicted molar refractivity (Wildman–Crippen MR) is 83.2 cm³/mol. The van der Waals surface area contributed by atoms with Gasteiger partial charge in [-0.15, -0.1) is 0 Å². The summed E-state index contributed by atoms with van der Waals surface area (Å²) in [5.41, 5.74) is 3.74. The third-order valence-corrected chi connectivity index (χ3v) is 3.58. The van der Waals surface area contributed by atoms with Gasteiger partial charge in [-0.2, -0.15) is 0 Å². The number of benzene rings is 2. The minimum atomic E-state index is 0.831. The number of rotatable bonds is 4. The molecular weight excluding hydrogens is 248 g/mol. The first-order valence-electron chi connectivity index (χ1n) is 7.12. The van der Waals surface area contributed by atoms with Crippen LogP contribution in [0.2, 0.25) is 0 Å². The van der Waals surface area contributed by atoms with E-state index in [0.29, 0.717) is 0 Å². The summed E-state index contributed by atoms with van der Waals surface area (Å²) in [6.45, 7) is 4.49. The van der Waals surface area contributed by atoms with Gasteiger partial charge in [0.05, 0.1) is 13.2 Å². The highest BCUT2D eigenvalue weighted by Crippen LogP contribution is 2.17.